The minimum absolute atomic E-state index is 0.0251. The van der Waals surface area contributed by atoms with Gasteiger partial charge >= 0.3 is 0 Å². The monoisotopic (exact) mass is 413 g/mol. The molecule has 27 heavy (non-hydrogen) atoms. The first-order valence-corrected chi connectivity index (χ1v) is 10.2. The molecule has 3 N–H and O–H groups in total. The zero-order valence-electron chi connectivity index (χ0n) is 16.2. The van der Waals surface area contributed by atoms with Gasteiger partial charge in [0, 0.05) is 33.7 Å². The van der Waals surface area contributed by atoms with E-state index in [0.29, 0.717) is 40.7 Å². The highest BCUT2D eigenvalue weighted by atomic mass is 35.5. The minimum Gasteiger partial charge on any atom is -0.352 e. The number of hydrogen-bond acceptors (Lipinski definition) is 3. The molecule has 2 rings (SSSR count). The summed E-state index contributed by atoms with van der Waals surface area (Å²) in [4.78, 5) is 24.1. The van der Waals surface area contributed by atoms with E-state index in [2.05, 4.69) is 16.0 Å². The van der Waals surface area contributed by atoms with Crippen molar-refractivity contribution < 1.29 is 9.59 Å². The van der Waals surface area contributed by atoms with Crippen molar-refractivity contribution in [1.82, 2.24) is 16.0 Å². The lowest BCUT2D eigenvalue weighted by molar-refractivity contribution is -0.121. The largest absolute Gasteiger partial charge is 0.352 e. The molecule has 0 heterocycles. The Morgan fingerprint density at radius 1 is 1.04 bits per heavy atom. The second-order valence-corrected chi connectivity index (χ2v) is 9.14. The maximum Gasteiger partial charge on any atom is 0.251 e. The fourth-order valence-electron chi connectivity index (χ4n) is 3.29. The third kappa shape index (κ3) is 8.08. The predicted octanol–water partition coefficient (Wildman–Crippen LogP) is 3.79. The molecule has 1 aromatic rings. The first-order valence-electron chi connectivity index (χ1n) is 9.41. The molecule has 150 valence electrons. The van der Waals surface area contributed by atoms with E-state index in [1.165, 1.54) is 0 Å². The lowest BCUT2D eigenvalue weighted by Crippen LogP contribution is -2.47. The minimum atomic E-state index is -0.207. The van der Waals surface area contributed by atoms with Gasteiger partial charge in [0.2, 0.25) is 5.91 Å². The number of benzene rings is 1. The fourth-order valence-corrected chi connectivity index (χ4v) is 3.82. The van der Waals surface area contributed by atoms with Crippen LogP contribution in [0.3, 0.4) is 0 Å². The van der Waals surface area contributed by atoms with Gasteiger partial charge in [-0.15, -0.1) is 0 Å². The van der Waals surface area contributed by atoms with Crippen molar-refractivity contribution in [3.63, 3.8) is 0 Å². The molecule has 2 amide bonds. The summed E-state index contributed by atoms with van der Waals surface area (Å²) in [6, 6.07) is 5.20. The molecule has 0 bridgehead atoms. The second-order valence-electron chi connectivity index (χ2n) is 8.26. The molecule has 1 aliphatic carbocycles. The summed E-state index contributed by atoms with van der Waals surface area (Å²) in [6.07, 6.45) is 4.06. The van der Waals surface area contributed by atoms with Gasteiger partial charge in [-0.2, -0.15) is 0 Å². The van der Waals surface area contributed by atoms with Crippen LogP contribution in [-0.4, -0.2) is 36.5 Å². The smallest absolute Gasteiger partial charge is 0.251 e. The number of hydrogen-bond donors (Lipinski definition) is 3. The first-order chi connectivity index (χ1) is 12.6. The molecular formula is C20H29Cl2N3O2. The molecule has 0 unspecified atom stereocenters. The molecule has 7 heteroatoms. The molecule has 0 saturated heterocycles. The van der Waals surface area contributed by atoms with Crippen molar-refractivity contribution in [3.05, 3.63) is 33.8 Å². The number of carbonyl (C=O) groups excluding carboxylic acids is 2. The molecule has 1 aromatic carbocycles. The van der Waals surface area contributed by atoms with E-state index >= 15 is 0 Å². The average molecular weight is 414 g/mol. The van der Waals surface area contributed by atoms with Crippen LogP contribution in [0, 0.1) is 5.92 Å². The van der Waals surface area contributed by atoms with Crippen molar-refractivity contribution in [1.29, 1.82) is 0 Å². The van der Waals surface area contributed by atoms with Gasteiger partial charge in [0.05, 0.1) is 6.54 Å². The number of nitrogens with one attached hydrogen (secondary N) is 3. The lowest BCUT2D eigenvalue weighted by Gasteiger charge is -2.29. The van der Waals surface area contributed by atoms with Crippen molar-refractivity contribution in [2.45, 2.75) is 58.0 Å². The SMILES string of the molecule is CC(C)(C)NC(=O)CNC1CCC(CNC(=O)c2cc(Cl)cc(Cl)c2)CC1. The lowest BCUT2D eigenvalue weighted by atomic mass is 9.86. The summed E-state index contributed by atoms with van der Waals surface area (Å²) in [5.74, 6) is 0.320. The molecule has 0 aliphatic heterocycles. The Morgan fingerprint density at radius 2 is 1.63 bits per heavy atom. The highest BCUT2D eigenvalue weighted by Crippen LogP contribution is 2.24. The highest BCUT2D eigenvalue weighted by molar-refractivity contribution is 6.35. The highest BCUT2D eigenvalue weighted by Gasteiger charge is 2.22. The van der Waals surface area contributed by atoms with Crippen molar-refractivity contribution in [3.8, 4) is 0 Å². The maximum atomic E-state index is 12.3. The Labute approximate surface area is 171 Å². The maximum absolute atomic E-state index is 12.3. The molecule has 0 radical (unpaired) electrons. The first kappa shape index (κ1) is 22.0. The van der Waals surface area contributed by atoms with Gasteiger partial charge in [0.15, 0.2) is 0 Å². The van der Waals surface area contributed by atoms with Crippen LogP contribution >= 0.6 is 23.2 Å². The van der Waals surface area contributed by atoms with Crippen LogP contribution in [0.25, 0.3) is 0 Å². The average Bonchev–Trinajstić information content (AvgIpc) is 2.56. The second kappa shape index (κ2) is 9.76. The van der Waals surface area contributed by atoms with E-state index in [-0.39, 0.29) is 17.4 Å². The van der Waals surface area contributed by atoms with E-state index in [1.807, 2.05) is 20.8 Å². The Kier molecular flexibility index (Phi) is 7.95. The van der Waals surface area contributed by atoms with Crippen LogP contribution in [0.2, 0.25) is 10.0 Å². The molecule has 0 spiro atoms. The van der Waals surface area contributed by atoms with Gasteiger partial charge in [0.1, 0.15) is 0 Å². The van der Waals surface area contributed by atoms with E-state index in [9.17, 15) is 9.59 Å². The van der Waals surface area contributed by atoms with Crippen LogP contribution < -0.4 is 16.0 Å². The van der Waals surface area contributed by atoms with E-state index < -0.39 is 0 Å². The predicted molar refractivity (Wildman–Crippen MR) is 110 cm³/mol. The third-order valence-electron chi connectivity index (χ3n) is 4.59. The van der Waals surface area contributed by atoms with Crippen LogP contribution in [0.1, 0.15) is 56.8 Å². The normalized spacial score (nSPS) is 20.2. The Hall–Kier alpha value is -1.30. The third-order valence-corrected chi connectivity index (χ3v) is 5.02. The Balaban J connectivity index is 1.68. The summed E-state index contributed by atoms with van der Waals surface area (Å²) in [5, 5.41) is 10.2. The Morgan fingerprint density at radius 3 is 2.19 bits per heavy atom. The number of rotatable bonds is 6. The quantitative estimate of drug-likeness (QED) is 0.664. The number of carbonyl (C=O) groups is 2. The van der Waals surface area contributed by atoms with E-state index in [4.69, 9.17) is 23.2 Å². The van der Waals surface area contributed by atoms with Crippen molar-refractivity contribution >= 4 is 35.0 Å². The van der Waals surface area contributed by atoms with Crippen LogP contribution in [0.15, 0.2) is 18.2 Å². The summed E-state index contributed by atoms with van der Waals surface area (Å²) in [5.41, 5.74) is 0.273. The molecule has 1 aliphatic rings. The summed E-state index contributed by atoms with van der Waals surface area (Å²) >= 11 is 11.9. The molecule has 0 atom stereocenters. The summed E-state index contributed by atoms with van der Waals surface area (Å²) in [6.45, 7) is 6.91. The standard InChI is InChI=1S/C20H29Cl2N3O2/c1-20(2,3)25-18(26)12-23-17-6-4-13(5-7-17)11-24-19(27)14-8-15(21)10-16(22)9-14/h8-10,13,17,23H,4-7,11-12H2,1-3H3,(H,24,27)(H,25,26). The topological polar surface area (TPSA) is 70.2 Å². The van der Waals surface area contributed by atoms with Crippen LogP contribution in [0.5, 0.6) is 0 Å². The number of halogens is 2. The molecule has 0 aromatic heterocycles. The van der Waals surface area contributed by atoms with Crippen LogP contribution in [-0.2, 0) is 4.79 Å². The van der Waals surface area contributed by atoms with Gasteiger partial charge in [-0.25, -0.2) is 0 Å². The zero-order valence-corrected chi connectivity index (χ0v) is 17.7. The van der Waals surface area contributed by atoms with Gasteiger partial charge in [-0.1, -0.05) is 23.2 Å². The van der Waals surface area contributed by atoms with Gasteiger partial charge in [-0.05, 0) is 70.6 Å². The van der Waals surface area contributed by atoms with Gasteiger partial charge in [-0.3, -0.25) is 9.59 Å². The van der Waals surface area contributed by atoms with Gasteiger partial charge < -0.3 is 16.0 Å². The zero-order chi connectivity index (χ0) is 20.0. The van der Waals surface area contributed by atoms with E-state index in [1.54, 1.807) is 18.2 Å². The van der Waals surface area contributed by atoms with E-state index in [0.717, 1.165) is 25.7 Å². The number of amides is 2. The molecular weight excluding hydrogens is 385 g/mol. The summed E-state index contributed by atoms with van der Waals surface area (Å²) < 4.78 is 0. The van der Waals surface area contributed by atoms with Crippen molar-refractivity contribution in [2.75, 3.05) is 13.1 Å². The van der Waals surface area contributed by atoms with Gasteiger partial charge in [0.25, 0.3) is 5.91 Å². The molecule has 1 saturated carbocycles. The van der Waals surface area contributed by atoms with Crippen LogP contribution in [0.4, 0.5) is 0 Å². The fraction of sp³-hybridized carbons (Fsp3) is 0.600. The van der Waals surface area contributed by atoms with Crippen molar-refractivity contribution in [2.24, 2.45) is 5.92 Å². The molecule has 1 fully saturated rings. The Bertz CT molecular complexity index is 645. The molecule has 5 nitrogen and oxygen atoms in total. The summed E-state index contributed by atoms with van der Waals surface area (Å²) in [7, 11) is 0.